The first-order chi connectivity index (χ1) is 12.8. The van der Waals surface area contributed by atoms with Crippen LogP contribution in [0.3, 0.4) is 0 Å². The molecule has 1 aliphatic rings. The van der Waals surface area contributed by atoms with Crippen LogP contribution < -0.4 is 10.2 Å². The molecule has 0 radical (unpaired) electrons. The van der Waals surface area contributed by atoms with Crippen molar-refractivity contribution in [3.05, 3.63) is 59.9 Å². The fourth-order valence-corrected chi connectivity index (χ4v) is 2.98. The molecule has 0 saturated carbocycles. The molecule has 1 heterocycles. The summed E-state index contributed by atoms with van der Waals surface area (Å²) in [6, 6.07) is 10.8. The number of benzene rings is 2. The number of rotatable bonds is 4. The molecule has 8 heteroatoms. The van der Waals surface area contributed by atoms with E-state index in [9.17, 15) is 22.4 Å². The number of carbonyl (C=O) groups excluding carboxylic acids is 1. The molecule has 2 aromatic carbocycles. The molecule has 144 valence electrons. The van der Waals surface area contributed by atoms with Gasteiger partial charge >= 0.3 is 6.18 Å². The van der Waals surface area contributed by atoms with E-state index in [-0.39, 0.29) is 18.3 Å². The minimum Gasteiger partial charge on any atom is -0.369 e. The summed E-state index contributed by atoms with van der Waals surface area (Å²) in [7, 11) is 0. The number of carbonyl (C=O) groups is 1. The van der Waals surface area contributed by atoms with E-state index in [4.69, 9.17) is 0 Å². The average Bonchev–Trinajstić information content (AvgIpc) is 2.64. The largest absolute Gasteiger partial charge is 0.416 e. The molecule has 0 aliphatic carbocycles. The number of hydrogen-bond donors (Lipinski definition) is 1. The third kappa shape index (κ3) is 5.19. The third-order valence-electron chi connectivity index (χ3n) is 4.41. The van der Waals surface area contributed by atoms with Crippen LogP contribution in [-0.4, -0.2) is 43.5 Å². The summed E-state index contributed by atoms with van der Waals surface area (Å²) >= 11 is 0. The number of hydrogen-bond acceptors (Lipinski definition) is 3. The maximum Gasteiger partial charge on any atom is 0.416 e. The minimum absolute atomic E-state index is 0.174. The van der Waals surface area contributed by atoms with Gasteiger partial charge < -0.3 is 10.2 Å². The van der Waals surface area contributed by atoms with Gasteiger partial charge in [0.25, 0.3) is 0 Å². The van der Waals surface area contributed by atoms with E-state index >= 15 is 0 Å². The molecule has 0 atom stereocenters. The van der Waals surface area contributed by atoms with E-state index in [0.29, 0.717) is 37.6 Å². The van der Waals surface area contributed by atoms with Gasteiger partial charge in [0.15, 0.2) is 0 Å². The lowest BCUT2D eigenvalue weighted by atomic mass is 10.1. The Morgan fingerprint density at radius 3 is 2.30 bits per heavy atom. The van der Waals surface area contributed by atoms with E-state index in [1.165, 1.54) is 30.3 Å². The molecular formula is C19H19F4N3O. The van der Waals surface area contributed by atoms with Gasteiger partial charge in [-0.05, 0) is 42.5 Å². The lowest BCUT2D eigenvalue weighted by Crippen LogP contribution is -2.48. The highest BCUT2D eigenvalue weighted by Gasteiger charge is 2.31. The first-order valence-electron chi connectivity index (χ1n) is 8.51. The zero-order valence-corrected chi connectivity index (χ0v) is 14.5. The Balaban J connectivity index is 1.51. The second-order valence-electron chi connectivity index (χ2n) is 6.37. The van der Waals surface area contributed by atoms with Gasteiger partial charge in [0.05, 0.1) is 12.1 Å². The van der Waals surface area contributed by atoms with Crippen LogP contribution in [-0.2, 0) is 11.0 Å². The zero-order valence-electron chi connectivity index (χ0n) is 14.5. The molecule has 2 aromatic rings. The SMILES string of the molecule is O=C(CN1CCN(c2cccc(C(F)(F)F)c2)CC1)Nc1ccc(F)cc1. The van der Waals surface area contributed by atoms with Crippen LogP contribution in [0.4, 0.5) is 28.9 Å². The van der Waals surface area contributed by atoms with E-state index in [1.807, 2.05) is 9.80 Å². The van der Waals surface area contributed by atoms with Gasteiger partial charge in [-0.15, -0.1) is 0 Å². The van der Waals surface area contributed by atoms with E-state index < -0.39 is 11.7 Å². The molecule has 0 unspecified atom stereocenters. The van der Waals surface area contributed by atoms with Crippen molar-refractivity contribution in [1.29, 1.82) is 0 Å². The minimum atomic E-state index is -4.36. The molecule has 1 saturated heterocycles. The lowest BCUT2D eigenvalue weighted by molar-refractivity contribution is -0.137. The molecular weight excluding hydrogens is 362 g/mol. The predicted octanol–water partition coefficient (Wildman–Crippen LogP) is 3.61. The predicted molar refractivity (Wildman–Crippen MR) is 95.1 cm³/mol. The zero-order chi connectivity index (χ0) is 19.4. The highest BCUT2D eigenvalue weighted by molar-refractivity contribution is 5.92. The first kappa shape index (κ1) is 19.2. The van der Waals surface area contributed by atoms with Gasteiger partial charge in [-0.2, -0.15) is 13.2 Å². The van der Waals surface area contributed by atoms with Crippen molar-refractivity contribution >= 4 is 17.3 Å². The fraction of sp³-hybridized carbons (Fsp3) is 0.316. The lowest BCUT2D eigenvalue weighted by Gasteiger charge is -2.36. The normalized spacial score (nSPS) is 15.6. The maximum atomic E-state index is 12.9. The number of amides is 1. The monoisotopic (exact) mass is 381 g/mol. The van der Waals surface area contributed by atoms with Crippen LogP contribution in [0.25, 0.3) is 0 Å². The molecule has 4 nitrogen and oxygen atoms in total. The van der Waals surface area contributed by atoms with Crippen LogP contribution in [0, 0.1) is 5.82 Å². The number of nitrogens with zero attached hydrogens (tertiary/aromatic N) is 2. The molecule has 1 amide bonds. The van der Waals surface area contributed by atoms with Crippen molar-refractivity contribution in [3.63, 3.8) is 0 Å². The van der Waals surface area contributed by atoms with Crippen molar-refractivity contribution < 1.29 is 22.4 Å². The number of piperazine rings is 1. The van der Waals surface area contributed by atoms with Crippen molar-refractivity contribution in [2.75, 3.05) is 42.9 Å². The number of nitrogens with one attached hydrogen (secondary N) is 1. The van der Waals surface area contributed by atoms with E-state index in [0.717, 1.165) is 12.1 Å². The smallest absolute Gasteiger partial charge is 0.369 e. The summed E-state index contributed by atoms with van der Waals surface area (Å²) in [4.78, 5) is 15.9. The van der Waals surface area contributed by atoms with Crippen LogP contribution in [0.15, 0.2) is 48.5 Å². The quantitative estimate of drug-likeness (QED) is 0.822. The summed E-state index contributed by atoms with van der Waals surface area (Å²) in [5.41, 5.74) is 0.380. The molecule has 0 bridgehead atoms. The number of alkyl halides is 3. The third-order valence-corrected chi connectivity index (χ3v) is 4.41. The molecule has 0 aromatic heterocycles. The Morgan fingerprint density at radius 2 is 1.67 bits per heavy atom. The summed E-state index contributed by atoms with van der Waals surface area (Å²) in [6.07, 6.45) is -4.36. The van der Waals surface area contributed by atoms with Gasteiger partial charge in [0.1, 0.15) is 5.82 Å². The van der Waals surface area contributed by atoms with Crippen molar-refractivity contribution in [2.24, 2.45) is 0 Å². The highest BCUT2D eigenvalue weighted by atomic mass is 19.4. The first-order valence-corrected chi connectivity index (χ1v) is 8.51. The second-order valence-corrected chi connectivity index (χ2v) is 6.37. The summed E-state index contributed by atoms with van der Waals surface area (Å²) in [6.45, 7) is 2.37. The summed E-state index contributed by atoms with van der Waals surface area (Å²) < 4.78 is 51.4. The molecule has 1 N–H and O–H groups in total. The van der Waals surface area contributed by atoms with Gasteiger partial charge in [0.2, 0.25) is 5.91 Å². The van der Waals surface area contributed by atoms with Crippen LogP contribution in [0.2, 0.25) is 0 Å². The molecule has 1 fully saturated rings. The summed E-state index contributed by atoms with van der Waals surface area (Å²) in [5, 5.41) is 2.70. The van der Waals surface area contributed by atoms with Gasteiger partial charge in [-0.25, -0.2) is 4.39 Å². The van der Waals surface area contributed by atoms with Crippen LogP contribution >= 0.6 is 0 Å². The fourth-order valence-electron chi connectivity index (χ4n) is 2.98. The number of halogens is 4. The van der Waals surface area contributed by atoms with Gasteiger partial charge in [-0.1, -0.05) is 6.07 Å². The second kappa shape index (κ2) is 7.96. The Kier molecular flexibility index (Phi) is 5.65. The van der Waals surface area contributed by atoms with E-state index in [1.54, 1.807) is 6.07 Å². The van der Waals surface area contributed by atoms with Crippen LogP contribution in [0.5, 0.6) is 0 Å². The van der Waals surface area contributed by atoms with Crippen molar-refractivity contribution in [1.82, 2.24) is 4.90 Å². The molecule has 0 spiro atoms. The van der Waals surface area contributed by atoms with Gasteiger partial charge in [0, 0.05) is 37.6 Å². The number of anilines is 2. The highest BCUT2D eigenvalue weighted by Crippen LogP contribution is 2.31. The Hall–Kier alpha value is -2.61. The molecule has 27 heavy (non-hydrogen) atoms. The molecule has 3 rings (SSSR count). The Morgan fingerprint density at radius 1 is 1.00 bits per heavy atom. The van der Waals surface area contributed by atoms with Crippen molar-refractivity contribution in [3.8, 4) is 0 Å². The maximum absolute atomic E-state index is 12.9. The van der Waals surface area contributed by atoms with Gasteiger partial charge in [-0.3, -0.25) is 9.69 Å². The molecule has 1 aliphatic heterocycles. The van der Waals surface area contributed by atoms with Crippen LogP contribution in [0.1, 0.15) is 5.56 Å². The van der Waals surface area contributed by atoms with E-state index in [2.05, 4.69) is 5.32 Å². The topological polar surface area (TPSA) is 35.6 Å². The Bertz CT molecular complexity index is 784. The average molecular weight is 381 g/mol. The standard InChI is InChI=1S/C19H19F4N3O/c20-15-4-6-16(7-5-15)24-18(27)13-25-8-10-26(11-9-25)17-3-1-2-14(12-17)19(21,22)23/h1-7,12H,8-11,13H2,(H,24,27). The van der Waals surface area contributed by atoms with Crippen molar-refractivity contribution in [2.45, 2.75) is 6.18 Å². The Labute approximate surface area is 154 Å². The summed E-state index contributed by atoms with van der Waals surface area (Å²) in [5.74, 6) is -0.590.